The van der Waals surface area contributed by atoms with Crippen LogP contribution in [0.1, 0.15) is 5.89 Å². The molecule has 0 N–H and O–H groups in total. The lowest BCUT2D eigenvalue weighted by Crippen LogP contribution is -1.91. The lowest BCUT2D eigenvalue weighted by Gasteiger charge is -2.07. The first-order chi connectivity index (χ1) is 11.7. The Bertz CT molecular complexity index is 838. The van der Waals surface area contributed by atoms with Crippen LogP contribution in [0.2, 0.25) is 0 Å². The second-order valence-electron chi connectivity index (χ2n) is 4.80. The van der Waals surface area contributed by atoms with Crippen LogP contribution >= 0.6 is 11.8 Å². The van der Waals surface area contributed by atoms with Crippen LogP contribution in [0.3, 0.4) is 0 Å². The summed E-state index contributed by atoms with van der Waals surface area (Å²) in [7, 11) is 3.15. The first-order valence-electron chi connectivity index (χ1n) is 7.13. The van der Waals surface area contributed by atoms with Gasteiger partial charge in [-0.05, 0) is 24.3 Å². The van der Waals surface area contributed by atoms with Crippen molar-refractivity contribution in [1.29, 1.82) is 0 Å². The van der Waals surface area contributed by atoms with E-state index in [-0.39, 0.29) is 5.82 Å². The Balaban J connectivity index is 1.77. The molecule has 0 spiro atoms. The van der Waals surface area contributed by atoms with E-state index >= 15 is 0 Å². The summed E-state index contributed by atoms with van der Waals surface area (Å²) in [5.41, 5.74) is 0.698. The molecule has 0 aliphatic rings. The van der Waals surface area contributed by atoms with Crippen molar-refractivity contribution >= 4 is 11.8 Å². The molecule has 0 aliphatic heterocycles. The third kappa shape index (κ3) is 3.51. The molecule has 7 heteroatoms. The number of aromatic nitrogens is 2. The van der Waals surface area contributed by atoms with E-state index in [1.165, 1.54) is 17.8 Å². The minimum Gasteiger partial charge on any atom is -0.497 e. The molecule has 3 aromatic rings. The van der Waals surface area contributed by atoms with Gasteiger partial charge in [0.2, 0.25) is 11.7 Å². The highest BCUT2D eigenvalue weighted by Gasteiger charge is 2.15. The highest BCUT2D eigenvalue weighted by Crippen LogP contribution is 2.32. The maximum atomic E-state index is 13.6. The highest BCUT2D eigenvalue weighted by molar-refractivity contribution is 7.98. The van der Waals surface area contributed by atoms with E-state index in [2.05, 4.69) is 10.1 Å². The maximum absolute atomic E-state index is 13.6. The molecule has 0 fully saturated rings. The molecule has 0 unspecified atom stereocenters. The summed E-state index contributed by atoms with van der Waals surface area (Å²) in [6.45, 7) is 0. The van der Waals surface area contributed by atoms with Crippen molar-refractivity contribution < 1.29 is 18.4 Å². The van der Waals surface area contributed by atoms with Crippen molar-refractivity contribution in [3.05, 3.63) is 54.2 Å². The number of halogens is 1. The average Bonchev–Trinajstić information content (AvgIpc) is 3.09. The number of benzene rings is 2. The second-order valence-corrected chi connectivity index (χ2v) is 5.81. The van der Waals surface area contributed by atoms with E-state index in [4.69, 9.17) is 14.0 Å². The summed E-state index contributed by atoms with van der Waals surface area (Å²) in [5.74, 6) is 2.21. The van der Waals surface area contributed by atoms with Crippen LogP contribution < -0.4 is 9.47 Å². The van der Waals surface area contributed by atoms with Crippen molar-refractivity contribution in [2.45, 2.75) is 10.6 Å². The molecule has 2 aromatic carbocycles. The fourth-order valence-corrected chi connectivity index (χ4v) is 2.88. The third-order valence-electron chi connectivity index (χ3n) is 3.31. The summed E-state index contributed by atoms with van der Waals surface area (Å²) in [6.07, 6.45) is 0. The van der Waals surface area contributed by atoms with Gasteiger partial charge in [-0.15, -0.1) is 11.8 Å². The number of nitrogens with zero attached hydrogens (tertiary/aromatic N) is 2. The van der Waals surface area contributed by atoms with Crippen LogP contribution in [-0.2, 0) is 5.75 Å². The molecule has 1 aromatic heterocycles. The van der Waals surface area contributed by atoms with Crippen LogP contribution in [0.15, 0.2) is 51.9 Å². The molecule has 24 heavy (non-hydrogen) atoms. The minimum absolute atomic E-state index is 0.265. The van der Waals surface area contributed by atoms with Crippen molar-refractivity contribution in [3.8, 4) is 22.9 Å². The van der Waals surface area contributed by atoms with Crippen molar-refractivity contribution in [1.82, 2.24) is 10.1 Å². The maximum Gasteiger partial charge on any atom is 0.237 e. The molecule has 5 nitrogen and oxygen atoms in total. The van der Waals surface area contributed by atoms with E-state index in [9.17, 15) is 4.39 Å². The van der Waals surface area contributed by atoms with Crippen LogP contribution in [0.5, 0.6) is 11.5 Å². The molecular formula is C17H15FN2O3S. The Labute approximate surface area is 142 Å². The lowest BCUT2D eigenvalue weighted by molar-refractivity contribution is 0.388. The number of hydrogen-bond donors (Lipinski definition) is 0. The fourth-order valence-electron chi connectivity index (χ4n) is 2.11. The summed E-state index contributed by atoms with van der Waals surface area (Å²) >= 11 is 1.30. The van der Waals surface area contributed by atoms with E-state index in [0.717, 1.165) is 0 Å². The molecule has 0 radical (unpaired) electrons. The second kappa shape index (κ2) is 7.35. The van der Waals surface area contributed by atoms with Crippen LogP contribution in [0.25, 0.3) is 11.4 Å². The minimum atomic E-state index is -0.265. The molecule has 0 saturated carbocycles. The lowest BCUT2D eigenvalue weighted by atomic mass is 10.2. The molecule has 0 saturated heterocycles. The van der Waals surface area contributed by atoms with E-state index in [1.807, 2.05) is 0 Å². The quantitative estimate of drug-likeness (QED) is 0.624. The summed E-state index contributed by atoms with van der Waals surface area (Å²) < 4.78 is 29.4. The molecule has 0 amide bonds. The molecule has 0 atom stereocenters. The van der Waals surface area contributed by atoms with Gasteiger partial charge in [-0.25, -0.2) is 4.39 Å². The Morgan fingerprint density at radius 1 is 1.12 bits per heavy atom. The van der Waals surface area contributed by atoms with E-state index < -0.39 is 0 Å². The predicted molar refractivity (Wildman–Crippen MR) is 88.8 cm³/mol. The van der Waals surface area contributed by atoms with Gasteiger partial charge in [0.05, 0.1) is 25.5 Å². The van der Waals surface area contributed by atoms with Gasteiger partial charge in [-0.1, -0.05) is 17.3 Å². The number of thioether (sulfide) groups is 1. The van der Waals surface area contributed by atoms with Crippen molar-refractivity contribution in [2.24, 2.45) is 0 Å². The molecule has 0 aliphatic carbocycles. The highest BCUT2D eigenvalue weighted by atomic mass is 32.2. The van der Waals surface area contributed by atoms with Crippen molar-refractivity contribution in [3.63, 3.8) is 0 Å². The standard InChI is InChI=1S/C17H15FN2O3S/c1-21-11-7-8-12(14(9-11)22-2)17-19-16(23-20-17)10-24-15-6-4-3-5-13(15)18/h3-9H,10H2,1-2H3. The van der Waals surface area contributed by atoms with Crippen LogP contribution in [0, 0.1) is 5.82 Å². The van der Waals surface area contributed by atoms with Gasteiger partial charge in [0, 0.05) is 11.0 Å². The zero-order valence-corrected chi connectivity index (χ0v) is 14.0. The van der Waals surface area contributed by atoms with Gasteiger partial charge in [-0.2, -0.15) is 4.98 Å². The molecular weight excluding hydrogens is 331 g/mol. The monoisotopic (exact) mass is 346 g/mol. The molecule has 3 rings (SSSR count). The average molecular weight is 346 g/mol. The number of rotatable bonds is 6. The first kappa shape index (κ1) is 16.3. The number of hydrogen-bond acceptors (Lipinski definition) is 6. The number of ether oxygens (including phenoxy) is 2. The summed E-state index contributed by atoms with van der Waals surface area (Å²) in [6, 6.07) is 11.9. The molecule has 124 valence electrons. The normalized spacial score (nSPS) is 10.6. The largest absolute Gasteiger partial charge is 0.497 e. The Morgan fingerprint density at radius 3 is 2.71 bits per heavy atom. The van der Waals surface area contributed by atoms with Crippen molar-refractivity contribution in [2.75, 3.05) is 14.2 Å². The van der Waals surface area contributed by atoms with Gasteiger partial charge < -0.3 is 14.0 Å². The van der Waals surface area contributed by atoms with Gasteiger partial charge in [0.15, 0.2) is 0 Å². The Kier molecular flexibility index (Phi) is 5.00. The smallest absolute Gasteiger partial charge is 0.237 e. The number of methoxy groups -OCH3 is 2. The van der Waals surface area contributed by atoms with Gasteiger partial charge >= 0.3 is 0 Å². The Hall–Kier alpha value is -2.54. The van der Waals surface area contributed by atoms with Gasteiger partial charge in [0.25, 0.3) is 0 Å². The molecule has 1 heterocycles. The van der Waals surface area contributed by atoms with Gasteiger partial charge in [-0.3, -0.25) is 0 Å². The first-order valence-corrected chi connectivity index (χ1v) is 8.12. The fraction of sp³-hybridized carbons (Fsp3) is 0.176. The summed E-state index contributed by atoms with van der Waals surface area (Å²) in [5, 5.41) is 3.97. The van der Waals surface area contributed by atoms with Gasteiger partial charge in [0.1, 0.15) is 17.3 Å². The SMILES string of the molecule is COc1ccc(-c2noc(CSc3ccccc3F)n2)c(OC)c1. The third-order valence-corrected chi connectivity index (χ3v) is 4.34. The summed E-state index contributed by atoms with van der Waals surface area (Å²) in [4.78, 5) is 4.89. The Morgan fingerprint density at radius 2 is 1.96 bits per heavy atom. The van der Waals surface area contributed by atoms with E-state index in [0.29, 0.717) is 39.4 Å². The van der Waals surface area contributed by atoms with Crippen LogP contribution in [0.4, 0.5) is 4.39 Å². The zero-order chi connectivity index (χ0) is 16.9. The van der Waals surface area contributed by atoms with E-state index in [1.54, 1.807) is 50.6 Å². The zero-order valence-electron chi connectivity index (χ0n) is 13.2. The topological polar surface area (TPSA) is 57.4 Å². The van der Waals surface area contributed by atoms with Crippen LogP contribution in [-0.4, -0.2) is 24.4 Å². The predicted octanol–water partition coefficient (Wildman–Crippen LogP) is 4.19. The molecule has 0 bridgehead atoms.